The minimum Gasteiger partial charge on any atom is -0.273 e. The lowest BCUT2D eigenvalue weighted by Gasteiger charge is -2.03. The zero-order valence-electron chi connectivity index (χ0n) is 19.5. The van der Waals surface area contributed by atoms with Crippen LogP contribution in [0.15, 0.2) is 30.3 Å². The monoisotopic (exact) mass is 540 g/mol. The van der Waals surface area contributed by atoms with E-state index in [9.17, 15) is 26.3 Å². The number of aromatic nitrogens is 6. The van der Waals surface area contributed by atoms with E-state index in [-0.39, 0.29) is 28.6 Å². The molecular formula is C24H22F6N6S. The van der Waals surface area contributed by atoms with Crippen molar-refractivity contribution in [2.75, 3.05) is 0 Å². The van der Waals surface area contributed by atoms with Gasteiger partial charge >= 0.3 is 12.4 Å². The van der Waals surface area contributed by atoms with Crippen molar-refractivity contribution in [3.63, 3.8) is 0 Å². The average molecular weight is 541 g/mol. The van der Waals surface area contributed by atoms with E-state index in [1.165, 1.54) is 23.8 Å². The summed E-state index contributed by atoms with van der Waals surface area (Å²) < 4.78 is 78.3. The Morgan fingerprint density at radius 2 is 1.46 bits per heavy atom. The zero-order valence-corrected chi connectivity index (χ0v) is 20.4. The van der Waals surface area contributed by atoms with E-state index in [0.717, 1.165) is 36.3 Å². The summed E-state index contributed by atoms with van der Waals surface area (Å²) in [6.45, 7) is 2.15. The van der Waals surface area contributed by atoms with Crippen LogP contribution >= 0.6 is 11.3 Å². The van der Waals surface area contributed by atoms with Gasteiger partial charge in [0.1, 0.15) is 22.8 Å². The van der Waals surface area contributed by atoms with E-state index in [2.05, 4.69) is 27.1 Å². The van der Waals surface area contributed by atoms with E-state index < -0.39 is 23.7 Å². The Balaban J connectivity index is 1.65. The number of halogens is 6. The number of H-pyrrole nitrogens is 2. The third kappa shape index (κ3) is 6.85. The first-order valence-electron chi connectivity index (χ1n) is 11.4. The molecule has 0 aliphatic carbocycles. The SMILES string of the molecule is CCCCCCc1ccc(/C=C/c2cc(-c3cc(C(F)(F)F)[nH]n3)nc(-c3cc(C(F)(F)F)[nH]n3)n2)s1. The topological polar surface area (TPSA) is 83.1 Å². The highest BCUT2D eigenvalue weighted by Crippen LogP contribution is 2.32. The molecule has 0 saturated carbocycles. The molecule has 4 aromatic heterocycles. The molecule has 0 aliphatic heterocycles. The fourth-order valence-electron chi connectivity index (χ4n) is 3.49. The maximum Gasteiger partial charge on any atom is 0.432 e. The van der Waals surface area contributed by atoms with Gasteiger partial charge in [0, 0.05) is 9.75 Å². The number of aromatic amines is 2. The van der Waals surface area contributed by atoms with Gasteiger partial charge in [0.25, 0.3) is 0 Å². The number of hydrogen-bond donors (Lipinski definition) is 2. The lowest BCUT2D eigenvalue weighted by Crippen LogP contribution is -2.04. The first-order chi connectivity index (χ1) is 17.5. The van der Waals surface area contributed by atoms with E-state index >= 15 is 0 Å². The number of hydrogen-bond acceptors (Lipinski definition) is 5. The maximum absolute atomic E-state index is 13.0. The lowest BCUT2D eigenvalue weighted by atomic mass is 10.1. The third-order valence-corrected chi connectivity index (χ3v) is 6.49. The van der Waals surface area contributed by atoms with Crippen LogP contribution in [0.5, 0.6) is 0 Å². The molecule has 0 radical (unpaired) electrons. The Kier molecular flexibility index (Phi) is 7.81. The summed E-state index contributed by atoms with van der Waals surface area (Å²) in [6.07, 6.45) is -0.318. The Labute approximate surface area is 211 Å². The summed E-state index contributed by atoms with van der Waals surface area (Å²) in [4.78, 5) is 10.6. The average Bonchev–Trinajstić information content (AvgIpc) is 3.60. The number of thiophene rings is 1. The van der Waals surface area contributed by atoms with Crippen LogP contribution in [0.1, 0.15) is 59.4 Å². The van der Waals surface area contributed by atoms with Crippen LogP contribution in [-0.4, -0.2) is 30.4 Å². The molecule has 0 unspecified atom stereocenters. The van der Waals surface area contributed by atoms with Crippen LogP contribution in [0.2, 0.25) is 0 Å². The van der Waals surface area contributed by atoms with Crippen molar-refractivity contribution in [2.24, 2.45) is 0 Å². The first kappa shape index (κ1) is 26.6. The Morgan fingerprint density at radius 3 is 2.11 bits per heavy atom. The number of alkyl halides is 6. The molecule has 0 amide bonds. The molecule has 0 spiro atoms. The molecule has 0 atom stereocenters. The molecular weight excluding hydrogens is 518 g/mol. The van der Waals surface area contributed by atoms with Crippen molar-refractivity contribution >= 4 is 23.5 Å². The van der Waals surface area contributed by atoms with E-state index in [0.29, 0.717) is 0 Å². The van der Waals surface area contributed by atoms with Crippen LogP contribution in [0.3, 0.4) is 0 Å². The summed E-state index contributed by atoms with van der Waals surface area (Å²) >= 11 is 1.61. The van der Waals surface area contributed by atoms with Crippen LogP contribution in [0, 0.1) is 0 Å². The minimum absolute atomic E-state index is 0.00393. The number of nitrogens with one attached hydrogen (secondary N) is 2. The molecule has 0 aromatic carbocycles. The van der Waals surface area contributed by atoms with Crippen molar-refractivity contribution < 1.29 is 26.3 Å². The molecule has 6 nitrogen and oxygen atoms in total. The largest absolute Gasteiger partial charge is 0.432 e. The van der Waals surface area contributed by atoms with Crippen molar-refractivity contribution in [1.29, 1.82) is 0 Å². The van der Waals surface area contributed by atoms with Crippen LogP contribution in [0.25, 0.3) is 35.1 Å². The van der Waals surface area contributed by atoms with Gasteiger partial charge in [-0.1, -0.05) is 26.2 Å². The second-order valence-electron chi connectivity index (χ2n) is 8.28. The van der Waals surface area contributed by atoms with Crippen molar-refractivity contribution in [3.05, 3.63) is 57.2 Å². The van der Waals surface area contributed by atoms with Gasteiger partial charge in [0.05, 0.1) is 11.4 Å². The van der Waals surface area contributed by atoms with Gasteiger partial charge in [-0.15, -0.1) is 11.3 Å². The third-order valence-electron chi connectivity index (χ3n) is 5.38. The molecule has 0 saturated heterocycles. The molecule has 0 fully saturated rings. The van der Waals surface area contributed by atoms with Gasteiger partial charge in [-0.25, -0.2) is 9.97 Å². The molecule has 4 rings (SSSR count). The maximum atomic E-state index is 13.0. The highest BCUT2D eigenvalue weighted by Gasteiger charge is 2.34. The van der Waals surface area contributed by atoms with Crippen molar-refractivity contribution in [3.8, 4) is 22.9 Å². The van der Waals surface area contributed by atoms with Crippen molar-refractivity contribution in [2.45, 2.75) is 51.4 Å². The predicted octanol–water partition coefficient (Wildman–Crippen LogP) is 7.65. The van der Waals surface area contributed by atoms with E-state index in [1.807, 2.05) is 22.3 Å². The quantitative estimate of drug-likeness (QED) is 0.169. The molecule has 37 heavy (non-hydrogen) atoms. The van der Waals surface area contributed by atoms with Crippen molar-refractivity contribution in [1.82, 2.24) is 30.4 Å². The molecule has 196 valence electrons. The predicted molar refractivity (Wildman–Crippen MR) is 128 cm³/mol. The van der Waals surface area contributed by atoms with Gasteiger partial charge in [-0.2, -0.15) is 36.5 Å². The van der Waals surface area contributed by atoms with Gasteiger partial charge in [0.2, 0.25) is 0 Å². The Bertz CT molecular complexity index is 1290. The minimum atomic E-state index is -4.66. The first-order valence-corrected chi connectivity index (χ1v) is 12.3. The van der Waals surface area contributed by atoms with Crippen LogP contribution < -0.4 is 0 Å². The van der Waals surface area contributed by atoms with Gasteiger partial charge in [0.15, 0.2) is 5.82 Å². The molecule has 4 heterocycles. The van der Waals surface area contributed by atoms with Gasteiger partial charge < -0.3 is 0 Å². The van der Waals surface area contributed by atoms with Gasteiger partial charge in [-0.3, -0.25) is 10.2 Å². The second-order valence-corrected chi connectivity index (χ2v) is 9.48. The highest BCUT2D eigenvalue weighted by atomic mass is 32.1. The summed E-state index contributed by atoms with van der Waals surface area (Å²) in [5.41, 5.74) is -2.26. The molecule has 0 aliphatic rings. The number of aryl methyl sites for hydroxylation is 1. The number of unbranched alkanes of at least 4 members (excludes halogenated alkanes) is 3. The number of rotatable bonds is 9. The molecule has 13 heteroatoms. The normalized spacial score (nSPS) is 12.6. The molecule has 4 aromatic rings. The second kappa shape index (κ2) is 10.9. The smallest absolute Gasteiger partial charge is 0.273 e. The molecule has 2 N–H and O–H groups in total. The molecule has 0 bridgehead atoms. The Morgan fingerprint density at radius 1 is 0.784 bits per heavy atom. The van der Waals surface area contributed by atoms with E-state index in [1.54, 1.807) is 23.5 Å². The standard InChI is InChI=1S/C24H22F6N6S/c1-2-3-4-5-6-15-9-10-16(37-15)8-7-14-11-17(18-12-20(35-33-18)23(25,26)27)32-22(31-14)19-13-21(36-34-19)24(28,29)30/h7-13H,2-6H2,1H3,(H,33,35)(H,34,36)/b8-7+. The number of nitrogens with zero attached hydrogens (tertiary/aromatic N) is 4. The summed E-state index contributed by atoms with van der Waals surface area (Å²) in [5.74, 6) is -0.191. The fraction of sp³-hybridized carbons (Fsp3) is 0.333. The zero-order chi connectivity index (χ0) is 26.6. The fourth-order valence-corrected chi connectivity index (χ4v) is 4.45. The van der Waals surface area contributed by atoms with Gasteiger partial charge in [-0.05, 0) is 55.3 Å². The Hall–Kier alpha value is -3.48. The lowest BCUT2D eigenvalue weighted by molar-refractivity contribution is -0.142. The van der Waals surface area contributed by atoms with Crippen LogP contribution in [0.4, 0.5) is 26.3 Å². The summed E-state index contributed by atoms with van der Waals surface area (Å²) in [7, 11) is 0. The summed E-state index contributed by atoms with van der Waals surface area (Å²) in [5, 5.41) is 11.1. The highest BCUT2D eigenvalue weighted by molar-refractivity contribution is 7.12. The van der Waals surface area contributed by atoms with Crippen LogP contribution in [-0.2, 0) is 18.8 Å². The van der Waals surface area contributed by atoms with E-state index in [4.69, 9.17) is 0 Å². The summed E-state index contributed by atoms with van der Waals surface area (Å²) in [6, 6.07) is 6.91.